The van der Waals surface area contributed by atoms with Crippen molar-refractivity contribution in [3.63, 3.8) is 0 Å². The highest BCUT2D eigenvalue weighted by atomic mass is 35.5. The van der Waals surface area contributed by atoms with Crippen molar-refractivity contribution in [2.45, 2.75) is 33.2 Å². The van der Waals surface area contributed by atoms with E-state index in [2.05, 4.69) is 25.2 Å². The van der Waals surface area contributed by atoms with E-state index in [4.69, 9.17) is 16.3 Å². The summed E-state index contributed by atoms with van der Waals surface area (Å²) in [6, 6.07) is 4.00. The van der Waals surface area contributed by atoms with Crippen LogP contribution in [0.1, 0.15) is 31.6 Å². The second-order valence-corrected chi connectivity index (χ2v) is 5.94. The van der Waals surface area contributed by atoms with E-state index in [0.29, 0.717) is 5.92 Å². The third-order valence-corrected chi connectivity index (χ3v) is 4.09. The van der Waals surface area contributed by atoms with Crippen molar-refractivity contribution < 1.29 is 4.74 Å². The van der Waals surface area contributed by atoms with Gasteiger partial charge in [0, 0.05) is 24.6 Å². The number of halogens is 1. The Morgan fingerprint density at radius 3 is 2.71 bits per heavy atom. The number of rotatable bonds is 9. The van der Waals surface area contributed by atoms with Crippen LogP contribution >= 0.6 is 22.9 Å². The van der Waals surface area contributed by atoms with E-state index in [-0.39, 0.29) is 0 Å². The van der Waals surface area contributed by atoms with Crippen LogP contribution in [0.25, 0.3) is 0 Å². The summed E-state index contributed by atoms with van der Waals surface area (Å²) in [5.74, 6) is 0.714. The third-order valence-electron chi connectivity index (χ3n) is 2.86. The first-order valence-corrected chi connectivity index (χ1v) is 7.48. The molecule has 1 rings (SSSR count). The summed E-state index contributed by atoms with van der Waals surface area (Å²) in [6.07, 6.45) is 2.41. The van der Waals surface area contributed by atoms with Gasteiger partial charge in [-0.3, -0.25) is 0 Å². The van der Waals surface area contributed by atoms with E-state index < -0.39 is 0 Å². The van der Waals surface area contributed by atoms with E-state index in [1.807, 2.05) is 6.07 Å². The maximum atomic E-state index is 5.86. The number of thiophene rings is 1. The molecule has 2 nitrogen and oxygen atoms in total. The Morgan fingerprint density at radius 1 is 1.35 bits per heavy atom. The summed E-state index contributed by atoms with van der Waals surface area (Å²) in [6.45, 7) is 7.89. The molecule has 0 aliphatic rings. The van der Waals surface area contributed by atoms with Crippen molar-refractivity contribution in [3.05, 3.63) is 21.3 Å². The summed E-state index contributed by atoms with van der Waals surface area (Å²) < 4.78 is 6.49. The van der Waals surface area contributed by atoms with Crippen LogP contribution in [0, 0.1) is 5.92 Å². The number of nitrogens with one attached hydrogen (secondary N) is 1. The highest BCUT2D eigenvalue weighted by Gasteiger charge is 2.02. The van der Waals surface area contributed by atoms with Crippen LogP contribution in [0.15, 0.2) is 12.1 Å². The molecule has 0 atom stereocenters. The lowest BCUT2D eigenvalue weighted by Crippen LogP contribution is -2.20. The van der Waals surface area contributed by atoms with Crippen molar-refractivity contribution in [2.24, 2.45) is 5.92 Å². The zero-order chi connectivity index (χ0) is 12.5. The summed E-state index contributed by atoms with van der Waals surface area (Å²) in [5.41, 5.74) is 0. The van der Waals surface area contributed by atoms with E-state index >= 15 is 0 Å². The minimum atomic E-state index is 0.714. The lowest BCUT2D eigenvalue weighted by molar-refractivity contribution is 0.0981. The van der Waals surface area contributed by atoms with Gasteiger partial charge in [-0.2, -0.15) is 0 Å². The molecular formula is C13H22ClNOS. The smallest absolute Gasteiger partial charge is 0.0931 e. The molecule has 0 amide bonds. The quantitative estimate of drug-likeness (QED) is 0.689. The zero-order valence-corrected chi connectivity index (χ0v) is 12.2. The lowest BCUT2D eigenvalue weighted by Gasteiger charge is -2.12. The lowest BCUT2D eigenvalue weighted by atomic mass is 10.1. The van der Waals surface area contributed by atoms with Gasteiger partial charge in [0.05, 0.1) is 10.9 Å². The molecule has 1 N–H and O–H groups in total. The number of hydrogen-bond acceptors (Lipinski definition) is 3. The van der Waals surface area contributed by atoms with Gasteiger partial charge in [0.15, 0.2) is 0 Å². The fourth-order valence-corrected chi connectivity index (χ4v) is 2.63. The van der Waals surface area contributed by atoms with Gasteiger partial charge in [-0.1, -0.05) is 38.3 Å². The highest BCUT2D eigenvalue weighted by molar-refractivity contribution is 7.16. The number of ether oxygens (including phenoxy) is 1. The highest BCUT2D eigenvalue weighted by Crippen LogP contribution is 2.20. The van der Waals surface area contributed by atoms with Gasteiger partial charge in [-0.05, 0) is 18.1 Å². The largest absolute Gasteiger partial charge is 0.380 e. The standard InChI is InChI=1S/C13H22ClNOS/c1-3-11(4-2)10-16-8-7-15-9-12-5-6-13(14)17-12/h5-6,11,15H,3-4,7-10H2,1-2H3. The molecule has 0 unspecified atom stereocenters. The fraction of sp³-hybridized carbons (Fsp3) is 0.692. The van der Waals surface area contributed by atoms with Crippen LogP contribution in [0.5, 0.6) is 0 Å². The Kier molecular flexibility index (Phi) is 7.86. The van der Waals surface area contributed by atoms with Gasteiger partial charge in [0.2, 0.25) is 0 Å². The van der Waals surface area contributed by atoms with Crippen molar-refractivity contribution in [2.75, 3.05) is 19.8 Å². The summed E-state index contributed by atoms with van der Waals surface area (Å²) in [4.78, 5) is 1.27. The number of hydrogen-bond donors (Lipinski definition) is 1. The van der Waals surface area contributed by atoms with Crippen molar-refractivity contribution in [3.8, 4) is 0 Å². The Hall–Kier alpha value is -0.0900. The van der Waals surface area contributed by atoms with Gasteiger partial charge in [-0.15, -0.1) is 11.3 Å². The van der Waals surface area contributed by atoms with Gasteiger partial charge in [0.1, 0.15) is 0 Å². The van der Waals surface area contributed by atoms with Gasteiger partial charge in [0.25, 0.3) is 0 Å². The molecule has 0 aromatic carbocycles. The van der Waals surface area contributed by atoms with Crippen LogP contribution in [0.3, 0.4) is 0 Å². The molecule has 98 valence electrons. The van der Waals surface area contributed by atoms with Crippen LogP contribution in [0.2, 0.25) is 4.34 Å². The van der Waals surface area contributed by atoms with Crippen LogP contribution < -0.4 is 5.32 Å². The molecule has 17 heavy (non-hydrogen) atoms. The van der Waals surface area contributed by atoms with Crippen LogP contribution in [-0.4, -0.2) is 19.8 Å². The van der Waals surface area contributed by atoms with Crippen molar-refractivity contribution in [1.82, 2.24) is 5.32 Å². The first kappa shape index (κ1) is 15.0. The molecular weight excluding hydrogens is 254 g/mol. The summed E-state index contributed by atoms with van der Waals surface area (Å²) in [5, 5.41) is 3.35. The van der Waals surface area contributed by atoms with E-state index in [1.165, 1.54) is 17.7 Å². The Morgan fingerprint density at radius 2 is 2.12 bits per heavy atom. The minimum Gasteiger partial charge on any atom is -0.380 e. The molecule has 1 heterocycles. The van der Waals surface area contributed by atoms with E-state index in [0.717, 1.165) is 30.6 Å². The van der Waals surface area contributed by atoms with Crippen molar-refractivity contribution >= 4 is 22.9 Å². The molecule has 0 aliphatic heterocycles. The third kappa shape index (κ3) is 6.41. The average molecular weight is 276 g/mol. The summed E-state index contributed by atoms with van der Waals surface area (Å²) >= 11 is 7.48. The average Bonchev–Trinajstić information content (AvgIpc) is 2.74. The summed E-state index contributed by atoms with van der Waals surface area (Å²) in [7, 11) is 0. The second kappa shape index (κ2) is 8.92. The van der Waals surface area contributed by atoms with Crippen molar-refractivity contribution in [1.29, 1.82) is 0 Å². The molecule has 0 aliphatic carbocycles. The Bertz CT molecular complexity index is 299. The molecule has 0 saturated heterocycles. The SMILES string of the molecule is CCC(CC)COCCNCc1ccc(Cl)s1. The first-order chi connectivity index (χ1) is 8.26. The first-order valence-electron chi connectivity index (χ1n) is 6.28. The van der Waals surface area contributed by atoms with Gasteiger partial charge in [-0.25, -0.2) is 0 Å². The Balaban J connectivity index is 1.97. The van der Waals surface area contributed by atoms with Gasteiger partial charge < -0.3 is 10.1 Å². The molecule has 0 radical (unpaired) electrons. The fourth-order valence-electron chi connectivity index (χ4n) is 1.58. The molecule has 0 fully saturated rings. The van der Waals surface area contributed by atoms with Gasteiger partial charge >= 0.3 is 0 Å². The molecule has 1 aromatic rings. The minimum absolute atomic E-state index is 0.714. The monoisotopic (exact) mass is 275 g/mol. The molecule has 0 bridgehead atoms. The predicted octanol–water partition coefficient (Wildman–Crippen LogP) is 3.94. The second-order valence-electron chi connectivity index (χ2n) is 4.14. The van der Waals surface area contributed by atoms with E-state index in [9.17, 15) is 0 Å². The maximum absolute atomic E-state index is 5.86. The predicted molar refractivity (Wildman–Crippen MR) is 75.9 cm³/mol. The molecule has 0 spiro atoms. The zero-order valence-electron chi connectivity index (χ0n) is 10.7. The van der Waals surface area contributed by atoms with E-state index in [1.54, 1.807) is 11.3 Å². The topological polar surface area (TPSA) is 21.3 Å². The normalized spacial score (nSPS) is 11.3. The molecule has 1 aromatic heterocycles. The molecule has 4 heteroatoms. The Labute approximate surface area is 113 Å². The van der Waals surface area contributed by atoms with Crippen LogP contribution in [0.4, 0.5) is 0 Å². The molecule has 0 saturated carbocycles. The van der Waals surface area contributed by atoms with Crippen LogP contribution in [-0.2, 0) is 11.3 Å². The maximum Gasteiger partial charge on any atom is 0.0931 e.